The molecule has 0 aliphatic carbocycles. The van der Waals surface area contributed by atoms with Crippen molar-refractivity contribution in [1.82, 2.24) is 4.72 Å². The topological polar surface area (TPSA) is 89.3 Å². The Balaban J connectivity index is 2.34. The van der Waals surface area contributed by atoms with Gasteiger partial charge in [0.1, 0.15) is 11.6 Å². The molecule has 0 amide bonds. The van der Waals surface area contributed by atoms with Gasteiger partial charge in [0.15, 0.2) is 0 Å². The van der Waals surface area contributed by atoms with Crippen LogP contribution >= 0.6 is 0 Å². The Bertz CT molecular complexity index is 903. The fraction of sp³-hybridized carbons (Fsp3) is 0.143. The molecule has 0 spiro atoms. The third kappa shape index (κ3) is 3.71. The van der Waals surface area contributed by atoms with Gasteiger partial charge in [0, 0.05) is 23.7 Å². The van der Waals surface area contributed by atoms with Gasteiger partial charge >= 0.3 is 5.69 Å². The summed E-state index contributed by atoms with van der Waals surface area (Å²) >= 11 is 0. The van der Waals surface area contributed by atoms with E-state index in [1.54, 1.807) is 0 Å². The SMILES string of the molecule is C[C@H](NS(=O)(=O)c1ccc(F)c([N+](=O)[O-])c1)c1ccc(F)cc1F. The van der Waals surface area contributed by atoms with Gasteiger partial charge < -0.3 is 0 Å². The number of rotatable bonds is 5. The van der Waals surface area contributed by atoms with E-state index in [1.807, 2.05) is 0 Å². The van der Waals surface area contributed by atoms with E-state index in [0.717, 1.165) is 18.2 Å². The van der Waals surface area contributed by atoms with Gasteiger partial charge in [-0.15, -0.1) is 0 Å². The summed E-state index contributed by atoms with van der Waals surface area (Å²) in [5, 5.41) is 10.7. The second-order valence-electron chi connectivity index (χ2n) is 4.88. The van der Waals surface area contributed by atoms with Crippen molar-refractivity contribution >= 4 is 15.7 Å². The molecular weight excluding hydrogens is 349 g/mol. The Morgan fingerprint density at radius 2 is 1.75 bits per heavy atom. The van der Waals surface area contributed by atoms with Gasteiger partial charge in [-0.2, -0.15) is 4.39 Å². The molecule has 128 valence electrons. The average Bonchev–Trinajstić information content (AvgIpc) is 2.46. The highest BCUT2D eigenvalue weighted by Crippen LogP contribution is 2.24. The van der Waals surface area contributed by atoms with Crippen LogP contribution in [0.5, 0.6) is 0 Å². The molecule has 0 saturated carbocycles. The van der Waals surface area contributed by atoms with Crippen LogP contribution in [0.1, 0.15) is 18.5 Å². The van der Waals surface area contributed by atoms with Gasteiger partial charge in [0.25, 0.3) is 0 Å². The smallest absolute Gasteiger partial charge is 0.258 e. The Labute approximate surface area is 135 Å². The highest BCUT2D eigenvalue weighted by atomic mass is 32.2. The van der Waals surface area contributed by atoms with Crippen molar-refractivity contribution < 1.29 is 26.5 Å². The lowest BCUT2D eigenvalue weighted by molar-refractivity contribution is -0.387. The molecule has 0 saturated heterocycles. The number of nitro groups is 1. The summed E-state index contributed by atoms with van der Waals surface area (Å²) in [5.74, 6) is -2.95. The monoisotopic (exact) mass is 360 g/mol. The van der Waals surface area contributed by atoms with Crippen molar-refractivity contribution in [2.45, 2.75) is 17.9 Å². The predicted octanol–water partition coefficient (Wildman–Crippen LogP) is 3.05. The Morgan fingerprint density at radius 1 is 1.08 bits per heavy atom. The number of nitrogens with zero attached hydrogens (tertiary/aromatic N) is 1. The second kappa shape index (κ2) is 6.57. The van der Waals surface area contributed by atoms with E-state index >= 15 is 0 Å². The highest BCUT2D eigenvalue weighted by Gasteiger charge is 2.24. The molecule has 0 bridgehead atoms. The predicted molar refractivity (Wildman–Crippen MR) is 78.1 cm³/mol. The van der Waals surface area contributed by atoms with Crippen molar-refractivity contribution in [3.05, 3.63) is 69.5 Å². The average molecular weight is 360 g/mol. The van der Waals surface area contributed by atoms with Crippen LogP contribution in [0, 0.1) is 27.6 Å². The first-order valence-corrected chi connectivity index (χ1v) is 8.01. The molecule has 0 fully saturated rings. The van der Waals surface area contributed by atoms with Crippen LogP contribution < -0.4 is 4.72 Å². The van der Waals surface area contributed by atoms with Gasteiger partial charge in [0.05, 0.1) is 9.82 Å². The van der Waals surface area contributed by atoms with E-state index < -0.39 is 49.0 Å². The maximum Gasteiger partial charge on any atom is 0.306 e. The molecule has 0 aliphatic rings. The van der Waals surface area contributed by atoms with Crippen LogP contribution in [0.2, 0.25) is 0 Å². The molecule has 2 rings (SSSR count). The number of halogens is 3. The van der Waals surface area contributed by atoms with Crippen molar-refractivity contribution in [2.24, 2.45) is 0 Å². The van der Waals surface area contributed by atoms with E-state index in [2.05, 4.69) is 4.72 Å². The van der Waals surface area contributed by atoms with Crippen LogP contribution in [0.4, 0.5) is 18.9 Å². The first-order chi connectivity index (χ1) is 11.1. The minimum absolute atomic E-state index is 0.114. The molecule has 10 heteroatoms. The quantitative estimate of drug-likeness (QED) is 0.656. The van der Waals surface area contributed by atoms with E-state index in [4.69, 9.17) is 0 Å². The first-order valence-electron chi connectivity index (χ1n) is 6.53. The van der Waals surface area contributed by atoms with E-state index in [-0.39, 0.29) is 5.56 Å². The standard InChI is InChI=1S/C14H11F3N2O4S/c1-8(11-4-2-9(15)6-13(11)17)18-24(22,23)10-3-5-12(16)14(7-10)19(20)21/h2-8,18H,1H3/t8-/m0/s1. The molecule has 0 unspecified atom stereocenters. The Hall–Kier alpha value is -2.46. The molecule has 0 radical (unpaired) electrons. The van der Waals surface area contributed by atoms with E-state index in [0.29, 0.717) is 18.2 Å². The lowest BCUT2D eigenvalue weighted by Crippen LogP contribution is -2.27. The molecule has 2 aromatic rings. The molecule has 0 heterocycles. The molecule has 24 heavy (non-hydrogen) atoms. The minimum atomic E-state index is -4.29. The van der Waals surface area contributed by atoms with Gasteiger partial charge in [-0.05, 0) is 25.1 Å². The summed E-state index contributed by atoms with van der Waals surface area (Å²) in [7, 11) is -4.29. The Kier molecular flexibility index (Phi) is 4.90. The van der Waals surface area contributed by atoms with Crippen LogP contribution in [0.3, 0.4) is 0 Å². The zero-order valence-electron chi connectivity index (χ0n) is 12.2. The molecule has 2 aromatic carbocycles. The molecule has 1 atom stereocenters. The summed E-state index contributed by atoms with van der Waals surface area (Å²) in [4.78, 5) is 9.08. The van der Waals surface area contributed by atoms with Crippen molar-refractivity contribution in [1.29, 1.82) is 0 Å². The van der Waals surface area contributed by atoms with Gasteiger partial charge in [-0.3, -0.25) is 10.1 Å². The summed E-state index contributed by atoms with van der Waals surface area (Å²) in [6.07, 6.45) is 0. The molecular formula is C14H11F3N2O4S. The third-order valence-corrected chi connectivity index (χ3v) is 4.72. The second-order valence-corrected chi connectivity index (χ2v) is 6.59. The number of nitro benzene ring substituents is 1. The number of hydrogen-bond donors (Lipinski definition) is 1. The van der Waals surface area contributed by atoms with Crippen LogP contribution in [-0.4, -0.2) is 13.3 Å². The fourth-order valence-electron chi connectivity index (χ4n) is 2.02. The van der Waals surface area contributed by atoms with Crippen molar-refractivity contribution in [2.75, 3.05) is 0 Å². The Morgan fingerprint density at radius 3 is 2.33 bits per heavy atom. The largest absolute Gasteiger partial charge is 0.306 e. The van der Waals surface area contributed by atoms with Crippen LogP contribution in [-0.2, 0) is 10.0 Å². The number of nitrogens with one attached hydrogen (secondary N) is 1. The molecule has 6 nitrogen and oxygen atoms in total. The lowest BCUT2D eigenvalue weighted by Gasteiger charge is -2.15. The summed E-state index contributed by atoms with van der Waals surface area (Å²) in [5.41, 5.74) is -1.12. The summed E-state index contributed by atoms with van der Waals surface area (Å²) < 4.78 is 66.4. The highest BCUT2D eigenvalue weighted by molar-refractivity contribution is 7.89. The maximum absolute atomic E-state index is 13.7. The molecule has 0 aliphatic heterocycles. The normalized spacial score (nSPS) is 12.8. The van der Waals surface area contributed by atoms with E-state index in [1.165, 1.54) is 6.92 Å². The number of sulfonamides is 1. The number of benzene rings is 2. The zero-order valence-corrected chi connectivity index (χ0v) is 13.0. The zero-order chi connectivity index (χ0) is 18.1. The van der Waals surface area contributed by atoms with Crippen molar-refractivity contribution in [3.63, 3.8) is 0 Å². The summed E-state index contributed by atoms with van der Waals surface area (Å²) in [6.45, 7) is 1.31. The van der Waals surface area contributed by atoms with Gasteiger partial charge in [0.2, 0.25) is 15.8 Å². The fourth-order valence-corrected chi connectivity index (χ4v) is 3.26. The van der Waals surface area contributed by atoms with Crippen LogP contribution in [0.25, 0.3) is 0 Å². The lowest BCUT2D eigenvalue weighted by atomic mass is 10.1. The molecule has 0 aromatic heterocycles. The van der Waals surface area contributed by atoms with Crippen LogP contribution in [0.15, 0.2) is 41.3 Å². The maximum atomic E-state index is 13.7. The third-order valence-electron chi connectivity index (χ3n) is 3.19. The summed E-state index contributed by atoms with van der Waals surface area (Å²) in [6, 6.07) is 3.61. The minimum Gasteiger partial charge on any atom is -0.258 e. The van der Waals surface area contributed by atoms with Gasteiger partial charge in [-0.25, -0.2) is 21.9 Å². The van der Waals surface area contributed by atoms with E-state index in [9.17, 15) is 31.7 Å². The molecule has 1 N–H and O–H groups in total. The first kappa shape index (κ1) is 17.9. The van der Waals surface area contributed by atoms with Gasteiger partial charge in [-0.1, -0.05) is 6.07 Å². The van der Waals surface area contributed by atoms with Crippen molar-refractivity contribution in [3.8, 4) is 0 Å². The number of hydrogen-bond acceptors (Lipinski definition) is 4.